The Bertz CT molecular complexity index is 358. The van der Waals surface area contributed by atoms with E-state index < -0.39 is 0 Å². The second kappa shape index (κ2) is 5.35. The van der Waals surface area contributed by atoms with Crippen LogP contribution < -0.4 is 0 Å². The number of hydrogen-bond acceptors (Lipinski definition) is 2. The van der Waals surface area contributed by atoms with Gasteiger partial charge >= 0.3 is 0 Å². The highest BCUT2D eigenvalue weighted by Gasteiger charge is 2.07. The van der Waals surface area contributed by atoms with Gasteiger partial charge in [-0.25, -0.2) is 0 Å². The van der Waals surface area contributed by atoms with Gasteiger partial charge in [0.25, 0.3) is 0 Å². The summed E-state index contributed by atoms with van der Waals surface area (Å²) in [6.07, 6.45) is 1.04. The van der Waals surface area contributed by atoms with Crippen molar-refractivity contribution in [1.82, 2.24) is 4.90 Å². The van der Waals surface area contributed by atoms with Crippen LogP contribution in [0.2, 0.25) is 0 Å². The van der Waals surface area contributed by atoms with Crippen LogP contribution in [-0.2, 0) is 6.42 Å². The topological polar surface area (TPSA) is 23.5 Å². The van der Waals surface area contributed by atoms with Gasteiger partial charge in [-0.1, -0.05) is 6.07 Å². The predicted molar refractivity (Wildman–Crippen MR) is 69.1 cm³/mol. The van der Waals surface area contributed by atoms with Crippen molar-refractivity contribution < 1.29 is 5.11 Å². The van der Waals surface area contributed by atoms with E-state index in [-0.39, 0.29) is 0 Å². The van der Waals surface area contributed by atoms with Gasteiger partial charge in [0.1, 0.15) is 5.75 Å². The van der Waals surface area contributed by atoms with Crippen molar-refractivity contribution in [2.24, 2.45) is 0 Å². The summed E-state index contributed by atoms with van der Waals surface area (Å²) < 4.78 is 0. The fraction of sp³-hybridized carbons (Fsp3) is 0.571. The van der Waals surface area contributed by atoms with E-state index in [1.54, 1.807) is 0 Å². The molecule has 0 bridgehead atoms. The quantitative estimate of drug-likeness (QED) is 0.845. The van der Waals surface area contributed by atoms with Gasteiger partial charge in [-0.3, -0.25) is 0 Å². The van der Waals surface area contributed by atoms with Crippen molar-refractivity contribution in [3.63, 3.8) is 0 Å². The zero-order valence-electron chi connectivity index (χ0n) is 11.0. The van der Waals surface area contributed by atoms with Gasteiger partial charge < -0.3 is 10.0 Å². The molecular formula is C14H23NO. The van der Waals surface area contributed by atoms with Gasteiger partial charge in [0.15, 0.2) is 0 Å². The first-order chi connectivity index (χ1) is 7.41. The fourth-order valence-corrected chi connectivity index (χ4v) is 1.69. The number of benzene rings is 1. The van der Waals surface area contributed by atoms with Gasteiger partial charge in [0.2, 0.25) is 0 Å². The Balaban J connectivity index is 2.71. The van der Waals surface area contributed by atoms with E-state index in [9.17, 15) is 5.11 Å². The maximum atomic E-state index is 9.58. The average molecular weight is 221 g/mol. The Kier molecular flexibility index (Phi) is 4.36. The molecule has 1 aromatic rings. The molecule has 1 rings (SSSR count). The van der Waals surface area contributed by atoms with Gasteiger partial charge in [0.05, 0.1) is 0 Å². The summed E-state index contributed by atoms with van der Waals surface area (Å²) in [4.78, 5) is 2.33. The molecule has 0 saturated heterocycles. The lowest BCUT2D eigenvalue weighted by Crippen LogP contribution is -2.28. The van der Waals surface area contributed by atoms with Gasteiger partial charge in [-0.15, -0.1) is 0 Å². The zero-order chi connectivity index (χ0) is 12.3. The van der Waals surface area contributed by atoms with Crippen LogP contribution in [0.3, 0.4) is 0 Å². The Morgan fingerprint density at radius 1 is 1.19 bits per heavy atom. The van der Waals surface area contributed by atoms with Crippen LogP contribution in [0, 0.1) is 13.8 Å². The lowest BCUT2D eigenvalue weighted by molar-refractivity contribution is 0.277. The third-order valence-corrected chi connectivity index (χ3v) is 3.27. The summed E-state index contributed by atoms with van der Waals surface area (Å²) in [5, 5.41) is 9.58. The Labute approximate surface area is 98.9 Å². The smallest absolute Gasteiger partial charge is 0.118 e. The predicted octanol–water partition coefficient (Wildman–Crippen LogP) is 2.89. The Morgan fingerprint density at radius 2 is 1.81 bits per heavy atom. The molecule has 1 N–H and O–H groups in total. The highest BCUT2D eigenvalue weighted by Crippen LogP contribution is 2.21. The van der Waals surface area contributed by atoms with E-state index in [0.717, 1.165) is 18.5 Å². The van der Waals surface area contributed by atoms with Crippen LogP contribution >= 0.6 is 0 Å². The highest BCUT2D eigenvalue weighted by atomic mass is 16.3. The summed E-state index contributed by atoms with van der Waals surface area (Å²) in [7, 11) is 2.15. The maximum absolute atomic E-state index is 9.58. The number of rotatable bonds is 4. The standard InChI is InChI=1S/C14H23NO/c1-10(2)15(5)7-6-13-8-12(4)14(16)9-11(13)3/h8-10,16H,6-7H2,1-5H3. The van der Waals surface area contributed by atoms with E-state index in [4.69, 9.17) is 0 Å². The van der Waals surface area contributed by atoms with Crippen molar-refractivity contribution in [1.29, 1.82) is 0 Å². The number of nitrogens with zero attached hydrogens (tertiary/aromatic N) is 1. The average Bonchev–Trinajstić information content (AvgIpc) is 2.20. The minimum absolute atomic E-state index is 0.401. The number of hydrogen-bond donors (Lipinski definition) is 1. The summed E-state index contributed by atoms with van der Waals surface area (Å²) in [5.74, 6) is 0.401. The summed E-state index contributed by atoms with van der Waals surface area (Å²) in [6, 6.07) is 4.54. The van der Waals surface area contributed by atoms with Crippen LogP contribution in [0.5, 0.6) is 5.75 Å². The molecule has 2 heteroatoms. The molecule has 0 saturated carbocycles. The van der Waals surface area contributed by atoms with Crippen LogP contribution in [0.1, 0.15) is 30.5 Å². The van der Waals surface area contributed by atoms with E-state index in [1.807, 2.05) is 13.0 Å². The molecule has 90 valence electrons. The van der Waals surface area contributed by atoms with Crippen molar-refractivity contribution >= 4 is 0 Å². The third kappa shape index (κ3) is 3.24. The van der Waals surface area contributed by atoms with Crippen molar-refractivity contribution in [2.45, 2.75) is 40.2 Å². The molecule has 16 heavy (non-hydrogen) atoms. The molecule has 0 aliphatic rings. The molecular weight excluding hydrogens is 198 g/mol. The van der Waals surface area contributed by atoms with E-state index in [2.05, 4.69) is 38.8 Å². The largest absolute Gasteiger partial charge is 0.508 e. The molecule has 0 aliphatic carbocycles. The molecule has 2 nitrogen and oxygen atoms in total. The first-order valence-corrected chi connectivity index (χ1v) is 5.91. The van der Waals surface area contributed by atoms with Crippen molar-refractivity contribution in [3.8, 4) is 5.75 Å². The molecule has 0 amide bonds. The number of phenols is 1. The first-order valence-electron chi connectivity index (χ1n) is 5.91. The summed E-state index contributed by atoms with van der Waals surface area (Å²) in [6.45, 7) is 9.47. The van der Waals surface area contributed by atoms with Crippen LogP contribution in [0.15, 0.2) is 12.1 Å². The van der Waals surface area contributed by atoms with E-state index in [0.29, 0.717) is 11.8 Å². The summed E-state index contributed by atoms with van der Waals surface area (Å²) >= 11 is 0. The lowest BCUT2D eigenvalue weighted by Gasteiger charge is -2.21. The number of aryl methyl sites for hydroxylation is 2. The fourth-order valence-electron chi connectivity index (χ4n) is 1.69. The molecule has 0 radical (unpaired) electrons. The molecule has 0 spiro atoms. The third-order valence-electron chi connectivity index (χ3n) is 3.27. The monoisotopic (exact) mass is 221 g/mol. The number of likely N-dealkylation sites (N-methyl/N-ethyl adjacent to an activating group) is 1. The van der Waals surface area contributed by atoms with Crippen molar-refractivity contribution in [3.05, 3.63) is 28.8 Å². The lowest BCUT2D eigenvalue weighted by atomic mass is 10.0. The minimum Gasteiger partial charge on any atom is -0.508 e. The minimum atomic E-state index is 0.401. The second-order valence-corrected chi connectivity index (χ2v) is 4.89. The molecule has 0 aliphatic heterocycles. The SMILES string of the molecule is Cc1cc(CCN(C)C(C)C)c(C)cc1O. The van der Waals surface area contributed by atoms with Crippen LogP contribution in [0.25, 0.3) is 0 Å². The van der Waals surface area contributed by atoms with Gasteiger partial charge in [-0.2, -0.15) is 0 Å². The van der Waals surface area contributed by atoms with Crippen LogP contribution in [-0.4, -0.2) is 29.6 Å². The van der Waals surface area contributed by atoms with E-state index in [1.165, 1.54) is 11.1 Å². The second-order valence-electron chi connectivity index (χ2n) is 4.89. The number of aromatic hydroxyl groups is 1. The Hall–Kier alpha value is -1.02. The highest BCUT2D eigenvalue weighted by molar-refractivity contribution is 5.40. The molecule has 1 aromatic carbocycles. The molecule has 0 heterocycles. The van der Waals surface area contributed by atoms with Crippen LogP contribution in [0.4, 0.5) is 0 Å². The zero-order valence-corrected chi connectivity index (χ0v) is 11.0. The molecule has 0 atom stereocenters. The molecule has 0 fully saturated rings. The van der Waals surface area contributed by atoms with Crippen molar-refractivity contribution in [2.75, 3.05) is 13.6 Å². The number of phenolic OH excluding ortho intramolecular Hbond substituents is 1. The summed E-state index contributed by atoms with van der Waals surface area (Å²) in [5.41, 5.74) is 3.48. The Morgan fingerprint density at radius 3 is 2.38 bits per heavy atom. The molecule has 0 unspecified atom stereocenters. The van der Waals surface area contributed by atoms with Gasteiger partial charge in [-0.05, 0) is 63.9 Å². The maximum Gasteiger partial charge on any atom is 0.118 e. The molecule has 0 aromatic heterocycles. The van der Waals surface area contributed by atoms with Gasteiger partial charge in [0, 0.05) is 12.6 Å². The van der Waals surface area contributed by atoms with E-state index >= 15 is 0 Å². The normalized spacial score (nSPS) is 11.4. The first kappa shape index (κ1) is 13.0.